The second kappa shape index (κ2) is 7.50. The second-order valence-corrected chi connectivity index (χ2v) is 10.1. The highest BCUT2D eigenvalue weighted by Crippen LogP contribution is 2.23. The second-order valence-electron chi connectivity index (χ2n) is 6.50. The van der Waals surface area contributed by atoms with Crippen molar-refractivity contribution in [2.45, 2.75) is 25.0 Å². The standard InChI is InChI=1S/C16H23Cl2N3O2S/c1-16(2)11-21(6-7-24(16,22)23)15(19-3)20-5-4-12-8-13(17)10-14(18)9-12/h8-10H,4-7,11H2,1-3H3,(H,19,20). The summed E-state index contributed by atoms with van der Waals surface area (Å²) in [5.74, 6) is 0.857. The van der Waals surface area contributed by atoms with Gasteiger partial charge in [0.25, 0.3) is 0 Å². The molecule has 1 fully saturated rings. The molecule has 1 saturated heterocycles. The molecule has 0 aromatic heterocycles. The van der Waals surface area contributed by atoms with Crippen LogP contribution < -0.4 is 5.32 Å². The quantitative estimate of drug-likeness (QED) is 0.635. The summed E-state index contributed by atoms with van der Waals surface area (Å²) < 4.78 is 23.4. The van der Waals surface area contributed by atoms with E-state index < -0.39 is 14.6 Å². The van der Waals surface area contributed by atoms with Crippen molar-refractivity contribution in [3.63, 3.8) is 0 Å². The molecule has 1 aromatic carbocycles. The van der Waals surface area contributed by atoms with Crippen LogP contribution in [0.25, 0.3) is 0 Å². The largest absolute Gasteiger partial charge is 0.356 e. The average Bonchev–Trinajstić information content (AvgIpc) is 2.46. The lowest BCUT2D eigenvalue weighted by Gasteiger charge is -2.39. The van der Waals surface area contributed by atoms with Gasteiger partial charge in [-0.1, -0.05) is 23.2 Å². The molecule has 5 nitrogen and oxygen atoms in total. The lowest BCUT2D eigenvalue weighted by atomic mass is 10.1. The molecular formula is C16H23Cl2N3O2S. The third-order valence-corrected chi connectivity index (χ3v) is 7.14. The van der Waals surface area contributed by atoms with E-state index in [9.17, 15) is 8.42 Å². The van der Waals surface area contributed by atoms with Crippen molar-refractivity contribution in [2.24, 2.45) is 4.99 Å². The van der Waals surface area contributed by atoms with Gasteiger partial charge in [-0.05, 0) is 44.0 Å². The lowest BCUT2D eigenvalue weighted by molar-refractivity contribution is 0.353. The number of sulfone groups is 1. The highest BCUT2D eigenvalue weighted by Gasteiger charge is 2.40. The predicted molar refractivity (Wildman–Crippen MR) is 101 cm³/mol. The van der Waals surface area contributed by atoms with Gasteiger partial charge < -0.3 is 10.2 Å². The zero-order valence-electron chi connectivity index (χ0n) is 14.1. The van der Waals surface area contributed by atoms with Crippen molar-refractivity contribution < 1.29 is 8.42 Å². The van der Waals surface area contributed by atoms with Crippen molar-refractivity contribution >= 4 is 39.0 Å². The maximum Gasteiger partial charge on any atom is 0.193 e. The minimum Gasteiger partial charge on any atom is -0.356 e. The Bertz CT molecular complexity index is 713. The van der Waals surface area contributed by atoms with Gasteiger partial charge in [-0.3, -0.25) is 4.99 Å². The zero-order chi connectivity index (χ0) is 18.0. The molecule has 0 radical (unpaired) electrons. The molecule has 1 N–H and O–H groups in total. The molecule has 1 aromatic rings. The molecule has 8 heteroatoms. The van der Waals surface area contributed by atoms with Gasteiger partial charge in [0, 0.05) is 36.7 Å². The van der Waals surface area contributed by atoms with Gasteiger partial charge in [0.05, 0.1) is 10.5 Å². The smallest absolute Gasteiger partial charge is 0.193 e. The normalized spacial score (nSPS) is 20.0. The molecule has 0 bridgehead atoms. The molecule has 1 heterocycles. The van der Waals surface area contributed by atoms with Gasteiger partial charge in [-0.25, -0.2) is 8.42 Å². The fraction of sp³-hybridized carbons (Fsp3) is 0.562. The summed E-state index contributed by atoms with van der Waals surface area (Å²) in [5.41, 5.74) is 1.04. The first-order valence-electron chi connectivity index (χ1n) is 7.77. The van der Waals surface area contributed by atoms with Crippen LogP contribution in [0.3, 0.4) is 0 Å². The summed E-state index contributed by atoms with van der Waals surface area (Å²) in [4.78, 5) is 6.27. The maximum atomic E-state index is 12.1. The molecule has 2 rings (SSSR count). The number of halogens is 2. The zero-order valence-corrected chi connectivity index (χ0v) is 16.5. The number of benzene rings is 1. The molecule has 1 aliphatic rings. The highest BCUT2D eigenvalue weighted by atomic mass is 35.5. The van der Waals surface area contributed by atoms with E-state index in [1.165, 1.54) is 0 Å². The number of rotatable bonds is 3. The Morgan fingerprint density at radius 3 is 2.46 bits per heavy atom. The van der Waals surface area contributed by atoms with E-state index in [2.05, 4.69) is 10.3 Å². The van der Waals surface area contributed by atoms with Crippen molar-refractivity contribution in [1.29, 1.82) is 0 Å². The van der Waals surface area contributed by atoms with E-state index in [1.807, 2.05) is 17.0 Å². The Kier molecular flexibility index (Phi) is 6.04. The van der Waals surface area contributed by atoms with E-state index in [4.69, 9.17) is 23.2 Å². The van der Waals surface area contributed by atoms with Gasteiger partial charge in [0.15, 0.2) is 15.8 Å². The maximum absolute atomic E-state index is 12.1. The summed E-state index contributed by atoms with van der Waals surface area (Å²) in [7, 11) is -1.36. The first-order valence-corrected chi connectivity index (χ1v) is 10.2. The number of hydrogen-bond donors (Lipinski definition) is 1. The monoisotopic (exact) mass is 391 g/mol. The molecule has 134 valence electrons. The van der Waals surface area contributed by atoms with E-state index in [0.717, 1.165) is 12.0 Å². The summed E-state index contributed by atoms with van der Waals surface area (Å²) in [6.07, 6.45) is 0.745. The number of guanidine groups is 1. The molecular weight excluding hydrogens is 369 g/mol. The summed E-state index contributed by atoms with van der Waals surface area (Å²) in [6.45, 7) is 5.06. The predicted octanol–water partition coefficient (Wildman–Crippen LogP) is 2.62. The molecule has 0 saturated carbocycles. The first kappa shape index (κ1) is 19.3. The van der Waals surface area contributed by atoms with Crippen LogP contribution in [0, 0.1) is 0 Å². The van der Waals surface area contributed by atoms with Gasteiger partial charge in [-0.15, -0.1) is 0 Å². The Labute approximate surface area is 154 Å². The molecule has 0 atom stereocenters. The van der Waals surface area contributed by atoms with Crippen LogP contribution in [0.2, 0.25) is 10.0 Å². The van der Waals surface area contributed by atoms with Crippen molar-refractivity contribution in [2.75, 3.05) is 32.4 Å². The highest BCUT2D eigenvalue weighted by molar-refractivity contribution is 7.92. The Morgan fingerprint density at radius 1 is 1.29 bits per heavy atom. The van der Waals surface area contributed by atoms with Crippen LogP contribution in [-0.2, 0) is 16.3 Å². The van der Waals surface area contributed by atoms with Crippen LogP contribution in [0.5, 0.6) is 0 Å². The van der Waals surface area contributed by atoms with E-state index in [0.29, 0.717) is 35.6 Å². The van der Waals surface area contributed by atoms with E-state index >= 15 is 0 Å². The van der Waals surface area contributed by atoms with Crippen LogP contribution in [0.1, 0.15) is 19.4 Å². The molecule has 0 spiro atoms. The van der Waals surface area contributed by atoms with Gasteiger partial charge in [0.1, 0.15) is 0 Å². The first-order chi connectivity index (χ1) is 11.1. The fourth-order valence-electron chi connectivity index (χ4n) is 2.73. The van der Waals surface area contributed by atoms with Gasteiger partial charge in [-0.2, -0.15) is 0 Å². The van der Waals surface area contributed by atoms with Crippen LogP contribution in [0.4, 0.5) is 0 Å². The van der Waals surface area contributed by atoms with Crippen molar-refractivity contribution in [1.82, 2.24) is 10.2 Å². The lowest BCUT2D eigenvalue weighted by Crippen LogP contribution is -2.57. The third-order valence-electron chi connectivity index (χ3n) is 4.17. The molecule has 1 aliphatic heterocycles. The molecule has 0 aliphatic carbocycles. The molecule has 24 heavy (non-hydrogen) atoms. The summed E-state index contributed by atoms with van der Waals surface area (Å²) >= 11 is 12.0. The van der Waals surface area contributed by atoms with Crippen LogP contribution in [-0.4, -0.2) is 56.5 Å². The Morgan fingerprint density at radius 2 is 1.92 bits per heavy atom. The Hall–Kier alpha value is -0.980. The SMILES string of the molecule is CN=C(NCCc1cc(Cl)cc(Cl)c1)N1CCS(=O)(=O)C(C)(C)C1. The Balaban J connectivity index is 1.96. The van der Waals surface area contributed by atoms with Gasteiger partial charge in [0.2, 0.25) is 0 Å². The molecule has 0 unspecified atom stereocenters. The van der Waals surface area contributed by atoms with Crippen molar-refractivity contribution in [3.8, 4) is 0 Å². The topological polar surface area (TPSA) is 61.8 Å². The van der Waals surface area contributed by atoms with Crippen LogP contribution >= 0.6 is 23.2 Å². The fourth-order valence-corrected chi connectivity index (χ4v) is 4.67. The third kappa shape index (κ3) is 4.55. The number of aliphatic imine (C=N–C) groups is 1. The van der Waals surface area contributed by atoms with Crippen LogP contribution in [0.15, 0.2) is 23.2 Å². The minimum absolute atomic E-state index is 0.143. The van der Waals surface area contributed by atoms with Crippen molar-refractivity contribution in [3.05, 3.63) is 33.8 Å². The van der Waals surface area contributed by atoms with E-state index in [-0.39, 0.29) is 5.75 Å². The summed E-state index contributed by atoms with van der Waals surface area (Å²) in [6, 6.07) is 5.47. The van der Waals surface area contributed by atoms with E-state index in [1.54, 1.807) is 27.0 Å². The molecule has 0 amide bonds. The minimum atomic E-state index is -3.06. The van der Waals surface area contributed by atoms with Gasteiger partial charge >= 0.3 is 0 Å². The number of hydrogen-bond acceptors (Lipinski definition) is 3. The summed E-state index contributed by atoms with van der Waals surface area (Å²) in [5, 5.41) is 4.52. The number of nitrogens with zero attached hydrogens (tertiary/aromatic N) is 2. The number of nitrogens with one attached hydrogen (secondary N) is 1. The average molecular weight is 392 g/mol.